The Kier molecular flexibility index (Phi) is 4.07. The Labute approximate surface area is 137 Å². The molecule has 0 aliphatic carbocycles. The van der Waals surface area contributed by atoms with Gasteiger partial charge in [-0.2, -0.15) is 0 Å². The quantitative estimate of drug-likeness (QED) is 0.667. The van der Waals surface area contributed by atoms with Crippen LogP contribution >= 0.6 is 27.5 Å². The molecule has 0 aliphatic heterocycles. The van der Waals surface area contributed by atoms with Crippen LogP contribution in [-0.4, -0.2) is 7.05 Å². The molecule has 0 bridgehead atoms. The van der Waals surface area contributed by atoms with Gasteiger partial charge in [-0.15, -0.1) is 0 Å². The molecule has 21 heavy (non-hydrogen) atoms. The van der Waals surface area contributed by atoms with Crippen LogP contribution in [0.15, 0.2) is 51.4 Å². The fourth-order valence-corrected chi connectivity index (χ4v) is 3.34. The van der Waals surface area contributed by atoms with Gasteiger partial charge in [0.15, 0.2) is 0 Å². The molecule has 4 heteroatoms. The van der Waals surface area contributed by atoms with E-state index >= 15 is 0 Å². The SMILES string of the molecule is CNC(c1cc2cccc(C)c2o1)c1ccc(Br)cc1Cl. The molecule has 1 unspecified atom stereocenters. The van der Waals surface area contributed by atoms with Gasteiger partial charge < -0.3 is 9.73 Å². The number of rotatable bonds is 3. The van der Waals surface area contributed by atoms with Crippen molar-refractivity contribution in [1.82, 2.24) is 5.32 Å². The molecule has 0 fully saturated rings. The molecule has 0 aliphatic rings. The van der Waals surface area contributed by atoms with Crippen LogP contribution in [0.4, 0.5) is 0 Å². The molecular weight excluding hydrogens is 350 g/mol. The molecule has 0 spiro atoms. The van der Waals surface area contributed by atoms with Gasteiger partial charge in [0.25, 0.3) is 0 Å². The molecule has 3 aromatic rings. The Morgan fingerprint density at radius 2 is 2.00 bits per heavy atom. The minimum atomic E-state index is -0.0719. The fraction of sp³-hybridized carbons (Fsp3) is 0.176. The van der Waals surface area contributed by atoms with E-state index < -0.39 is 0 Å². The van der Waals surface area contributed by atoms with Crippen molar-refractivity contribution in [2.75, 3.05) is 7.05 Å². The third-order valence-corrected chi connectivity index (χ3v) is 4.43. The number of hydrogen-bond donors (Lipinski definition) is 1. The highest BCUT2D eigenvalue weighted by molar-refractivity contribution is 9.10. The molecule has 1 N–H and O–H groups in total. The van der Waals surface area contributed by atoms with Crippen molar-refractivity contribution < 1.29 is 4.42 Å². The Morgan fingerprint density at radius 3 is 2.67 bits per heavy atom. The van der Waals surface area contributed by atoms with Crippen molar-refractivity contribution in [3.05, 3.63) is 68.8 Å². The van der Waals surface area contributed by atoms with Crippen LogP contribution in [0.5, 0.6) is 0 Å². The van der Waals surface area contributed by atoms with Crippen LogP contribution in [0.3, 0.4) is 0 Å². The highest BCUT2D eigenvalue weighted by Gasteiger charge is 2.20. The van der Waals surface area contributed by atoms with Gasteiger partial charge in [-0.25, -0.2) is 0 Å². The van der Waals surface area contributed by atoms with Crippen LogP contribution in [0, 0.1) is 6.92 Å². The zero-order valence-electron chi connectivity index (χ0n) is 11.8. The lowest BCUT2D eigenvalue weighted by Gasteiger charge is -2.15. The van der Waals surface area contributed by atoms with Crippen LogP contribution in [0.1, 0.15) is 22.9 Å². The van der Waals surface area contributed by atoms with E-state index in [1.807, 2.05) is 31.3 Å². The van der Waals surface area contributed by atoms with Gasteiger partial charge in [-0.3, -0.25) is 0 Å². The van der Waals surface area contributed by atoms with E-state index in [1.165, 1.54) is 0 Å². The molecule has 1 aromatic heterocycles. The molecule has 3 rings (SSSR count). The van der Waals surface area contributed by atoms with E-state index in [-0.39, 0.29) is 6.04 Å². The van der Waals surface area contributed by atoms with Gasteiger partial charge in [0.05, 0.1) is 6.04 Å². The molecule has 0 saturated carbocycles. The number of fused-ring (bicyclic) bond motifs is 1. The number of aryl methyl sites for hydroxylation is 1. The first-order chi connectivity index (χ1) is 10.1. The van der Waals surface area contributed by atoms with Crippen LogP contribution in [0.25, 0.3) is 11.0 Å². The topological polar surface area (TPSA) is 25.2 Å². The summed E-state index contributed by atoms with van der Waals surface area (Å²) in [5.74, 6) is 0.867. The maximum atomic E-state index is 6.37. The van der Waals surface area contributed by atoms with E-state index in [0.29, 0.717) is 5.02 Å². The predicted molar refractivity (Wildman–Crippen MR) is 91.0 cm³/mol. The van der Waals surface area contributed by atoms with Crippen molar-refractivity contribution >= 4 is 38.5 Å². The van der Waals surface area contributed by atoms with Gasteiger partial charge in [-0.05, 0) is 43.3 Å². The van der Waals surface area contributed by atoms with E-state index in [0.717, 1.165) is 32.3 Å². The Balaban J connectivity index is 2.11. The second-order valence-corrected chi connectivity index (χ2v) is 6.35. The first kappa shape index (κ1) is 14.6. The van der Waals surface area contributed by atoms with Crippen molar-refractivity contribution in [2.24, 2.45) is 0 Å². The largest absolute Gasteiger partial charge is 0.459 e. The third-order valence-electron chi connectivity index (χ3n) is 3.61. The van der Waals surface area contributed by atoms with E-state index in [9.17, 15) is 0 Å². The lowest BCUT2D eigenvalue weighted by atomic mass is 10.0. The molecule has 0 saturated heterocycles. The minimum absolute atomic E-state index is 0.0719. The summed E-state index contributed by atoms with van der Waals surface area (Å²) in [5.41, 5.74) is 3.07. The first-order valence-corrected chi connectivity index (χ1v) is 7.88. The third kappa shape index (κ3) is 2.73. The summed E-state index contributed by atoms with van der Waals surface area (Å²) in [6, 6.07) is 14.0. The summed E-state index contributed by atoms with van der Waals surface area (Å²) in [6.07, 6.45) is 0. The fourth-order valence-electron chi connectivity index (χ4n) is 2.56. The molecule has 1 heterocycles. The average Bonchev–Trinajstić information content (AvgIpc) is 2.87. The van der Waals surface area contributed by atoms with Crippen molar-refractivity contribution in [3.63, 3.8) is 0 Å². The van der Waals surface area contributed by atoms with Gasteiger partial charge >= 0.3 is 0 Å². The van der Waals surface area contributed by atoms with Crippen molar-refractivity contribution in [1.29, 1.82) is 0 Å². The highest BCUT2D eigenvalue weighted by atomic mass is 79.9. The molecular formula is C17H15BrClNO. The van der Waals surface area contributed by atoms with Gasteiger partial charge in [0.1, 0.15) is 11.3 Å². The molecule has 2 nitrogen and oxygen atoms in total. The monoisotopic (exact) mass is 363 g/mol. The number of hydrogen-bond acceptors (Lipinski definition) is 2. The summed E-state index contributed by atoms with van der Waals surface area (Å²) in [4.78, 5) is 0. The molecule has 2 aromatic carbocycles. The van der Waals surface area contributed by atoms with Crippen LogP contribution < -0.4 is 5.32 Å². The van der Waals surface area contributed by atoms with Crippen LogP contribution in [0.2, 0.25) is 5.02 Å². The average molecular weight is 365 g/mol. The number of halogens is 2. The van der Waals surface area contributed by atoms with Crippen molar-refractivity contribution in [3.8, 4) is 0 Å². The summed E-state index contributed by atoms with van der Waals surface area (Å²) in [7, 11) is 1.91. The van der Waals surface area contributed by atoms with E-state index in [2.05, 4.69) is 46.4 Å². The summed E-state index contributed by atoms with van der Waals surface area (Å²) in [5, 5.41) is 5.10. The minimum Gasteiger partial charge on any atom is -0.459 e. The Hall–Kier alpha value is -1.29. The Bertz CT molecular complexity index is 797. The summed E-state index contributed by atoms with van der Waals surface area (Å²) in [6.45, 7) is 2.05. The smallest absolute Gasteiger partial charge is 0.137 e. The molecule has 108 valence electrons. The molecule has 1 atom stereocenters. The number of benzene rings is 2. The van der Waals surface area contributed by atoms with Crippen molar-refractivity contribution in [2.45, 2.75) is 13.0 Å². The molecule has 0 amide bonds. The number of para-hydroxylation sites is 1. The first-order valence-electron chi connectivity index (χ1n) is 6.71. The van der Waals surface area contributed by atoms with Crippen LogP contribution in [-0.2, 0) is 0 Å². The zero-order chi connectivity index (χ0) is 15.0. The summed E-state index contributed by atoms with van der Waals surface area (Å²) < 4.78 is 7.02. The van der Waals surface area contributed by atoms with Gasteiger partial charge in [-0.1, -0.05) is 51.8 Å². The Morgan fingerprint density at radius 1 is 1.19 bits per heavy atom. The standard InChI is InChI=1S/C17H15BrClNO/c1-10-4-3-5-11-8-15(21-17(10)11)16(20-2)13-7-6-12(18)9-14(13)19/h3-9,16,20H,1-2H3. The highest BCUT2D eigenvalue weighted by Crippen LogP contribution is 2.33. The lowest BCUT2D eigenvalue weighted by molar-refractivity contribution is 0.490. The van der Waals surface area contributed by atoms with E-state index in [4.69, 9.17) is 16.0 Å². The number of nitrogens with one attached hydrogen (secondary N) is 1. The lowest BCUT2D eigenvalue weighted by Crippen LogP contribution is -2.17. The summed E-state index contributed by atoms with van der Waals surface area (Å²) >= 11 is 9.80. The second-order valence-electron chi connectivity index (χ2n) is 5.03. The molecule has 0 radical (unpaired) electrons. The van der Waals surface area contributed by atoms with Gasteiger partial charge in [0.2, 0.25) is 0 Å². The number of furan rings is 1. The van der Waals surface area contributed by atoms with E-state index in [1.54, 1.807) is 0 Å². The van der Waals surface area contributed by atoms with Gasteiger partial charge in [0, 0.05) is 14.9 Å². The second kappa shape index (κ2) is 5.84. The maximum absolute atomic E-state index is 6.37. The maximum Gasteiger partial charge on any atom is 0.137 e. The normalized spacial score (nSPS) is 12.8. The predicted octanol–water partition coefficient (Wildman–Crippen LogP) is 5.47. The zero-order valence-corrected chi connectivity index (χ0v) is 14.1.